The zero-order valence-corrected chi connectivity index (χ0v) is 16.4. The molecule has 2 N–H and O–H groups in total. The lowest BCUT2D eigenvalue weighted by Gasteiger charge is -2.06. The summed E-state index contributed by atoms with van der Waals surface area (Å²) in [4.78, 5) is 24.2. The first-order chi connectivity index (χ1) is 13.6. The van der Waals surface area contributed by atoms with Gasteiger partial charge in [0.1, 0.15) is 10.8 Å². The van der Waals surface area contributed by atoms with Gasteiger partial charge in [0.15, 0.2) is 0 Å². The van der Waals surface area contributed by atoms with E-state index in [0.29, 0.717) is 27.8 Å². The lowest BCUT2D eigenvalue weighted by atomic mass is 10.2. The fourth-order valence-electron chi connectivity index (χ4n) is 2.48. The molecule has 1 heterocycles. The molecule has 1 aromatic heterocycles. The standard InChI is InChI=1S/C20H20N4O3S/c1-3-5-17(25)21-15-7-4-6-14(12-15)18(26)22-20-24-23-19(28-20)13-8-10-16(27-2)11-9-13/h4,6-12H,3,5H2,1-2H3,(H,21,25)(H,22,24,26). The number of ether oxygens (including phenoxy) is 1. The van der Waals surface area contributed by atoms with Crippen LogP contribution < -0.4 is 15.4 Å². The molecule has 8 heteroatoms. The summed E-state index contributed by atoms with van der Waals surface area (Å²) >= 11 is 1.28. The van der Waals surface area contributed by atoms with E-state index in [4.69, 9.17) is 4.74 Å². The molecule has 144 valence electrons. The van der Waals surface area contributed by atoms with Gasteiger partial charge in [0.05, 0.1) is 7.11 Å². The molecule has 2 aromatic carbocycles. The van der Waals surface area contributed by atoms with Gasteiger partial charge in [0.2, 0.25) is 11.0 Å². The van der Waals surface area contributed by atoms with Crippen molar-refractivity contribution in [2.45, 2.75) is 19.8 Å². The zero-order chi connectivity index (χ0) is 19.9. The molecule has 28 heavy (non-hydrogen) atoms. The van der Waals surface area contributed by atoms with Crippen molar-refractivity contribution in [2.75, 3.05) is 17.7 Å². The Morgan fingerprint density at radius 3 is 2.57 bits per heavy atom. The number of methoxy groups -OCH3 is 1. The van der Waals surface area contributed by atoms with E-state index in [9.17, 15) is 9.59 Å². The number of nitrogens with zero attached hydrogens (tertiary/aromatic N) is 2. The van der Waals surface area contributed by atoms with Crippen LogP contribution in [-0.2, 0) is 4.79 Å². The molecule has 0 bridgehead atoms. The number of aromatic nitrogens is 2. The maximum Gasteiger partial charge on any atom is 0.257 e. The van der Waals surface area contributed by atoms with Gasteiger partial charge in [-0.05, 0) is 48.9 Å². The number of hydrogen-bond acceptors (Lipinski definition) is 6. The number of carbonyl (C=O) groups excluding carboxylic acids is 2. The summed E-state index contributed by atoms with van der Waals surface area (Å²) in [5.41, 5.74) is 1.90. The highest BCUT2D eigenvalue weighted by molar-refractivity contribution is 7.18. The zero-order valence-electron chi connectivity index (χ0n) is 15.6. The number of carbonyl (C=O) groups is 2. The van der Waals surface area contributed by atoms with Gasteiger partial charge in [0.25, 0.3) is 5.91 Å². The smallest absolute Gasteiger partial charge is 0.257 e. The van der Waals surface area contributed by atoms with E-state index in [-0.39, 0.29) is 11.8 Å². The largest absolute Gasteiger partial charge is 0.497 e. The Bertz CT molecular complexity index is 970. The molecule has 0 saturated carbocycles. The Balaban J connectivity index is 1.68. The Labute approximate surface area is 166 Å². The van der Waals surface area contributed by atoms with Crippen molar-refractivity contribution >= 4 is 34.0 Å². The van der Waals surface area contributed by atoms with Crippen molar-refractivity contribution in [3.05, 3.63) is 54.1 Å². The highest BCUT2D eigenvalue weighted by Crippen LogP contribution is 2.28. The fourth-order valence-corrected chi connectivity index (χ4v) is 3.23. The van der Waals surface area contributed by atoms with Gasteiger partial charge < -0.3 is 10.1 Å². The first kappa shape index (κ1) is 19.5. The van der Waals surface area contributed by atoms with E-state index in [1.165, 1.54) is 11.3 Å². The quantitative estimate of drug-likeness (QED) is 0.624. The average molecular weight is 396 g/mol. The third-order valence-electron chi connectivity index (χ3n) is 3.87. The summed E-state index contributed by atoms with van der Waals surface area (Å²) in [6, 6.07) is 14.2. The number of anilines is 2. The van der Waals surface area contributed by atoms with Gasteiger partial charge in [-0.1, -0.05) is 24.3 Å². The van der Waals surface area contributed by atoms with Crippen LogP contribution >= 0.6 is 11.3 Å². The van der Waals surface area contributed by atoms with Crippen molar-refractivity contribution in [2.24, 2.45) is 0 Å². The molecule has 3 aromatic rings. The van der Waals surface area contributed by atoms with Gasteiger partial charge in [-0.15, -0.1) is 10.2 Å². The topological polar surface area (TPSA) is 93.2 Å². The van der Waals surface area contributed by atoms with Crippen LogP contribution in [0.4, 0.5) is 10.8 Å². The summed E-state index contributed by atoms with van der Waals surface area (Å²) in [6.07, 6.45) is 1.20. The van der Waals surface area contributed by atoms with Crippen molar-refractivity contribution in [3.8, 4) is 16.3 Å². The maximum atomic E-state index is 12.5. The molecule has 3 rings (SSSR count). The molecule has 0 aliphatic heterocycles. The normalized spacial score (nSPS) is 10.4. The highest BCUT2D eigenvalue weighted by atomic mass is 32.1. The summed E-state index contributed by atoms with van der Waals surface area (Å²) in [5, 5.41) is 14.8. The van der Waals surface area contributed by atoms with Gasteiger partial charge in [-0.2, -0.15) is 0 Å². The van der Waals surface area contributed by atoms with Crippen LogP contribution in [0.1, 0.15) is 30.1 Å². The molecule has 0 unspecified atom stereocenters. The van der Waals surface area contributed by atoms with E-state index in [1.54, 1.807) is 31.4 Å². The third-order valence-corrected chi connectivity index (χ3v) is 4.76. The Morgan fingerprint density at radius 1 is 1.07 bits per heavy atom. The first-order valence-corrected chi connectivity index (χ1v) is 9.60. The summed E-state index contributed by atoms with van der Waals surface area (Å²) < 4.78 is 5.14. The molecule has 0 saturated heterocycles. The Morgan fingerprint density at radius 2 is 1.86 bits per heavy atom. The number of nitrogens with one attached hydrogen (secondary N) is 2. The van der Waals surface area contributed by atoms with E-state index < -0.39 is 0 Å². The van der Waals surface area contributed by atoms with Gasteiger partial charge in [-0.25, -0.2) is 0 Å². The summed E-state index contributed by atoms with van der Waals surface area (Å²) in [6.45, 7) is 1.94. The summed E-state index contributed by atoms with van der Waals surface area (Å²) in [7, 11) is 1.61. The van der Waals surface area contributed by atoms with Crippen LogP contribution in [0.5, 0.6) is 5.75 Å². The van der Waals surface area contributed by atoms with Crippen LogP contribution in [0.15, 0.2) is 48.5 Å². The molecule has 7 nitrogen and oxygen atoms in total. The highest BCUT2D eigenvalue weighted by Gasteiger charge is 2.12. The second kappa shape index (κ2) is 9.09. The van der Waals surface area contributed by atoms with Crippen LogP contribution in [0.3, 0.4) is 0 Å². The van der Waals surface area contributed by atoms with E-state index >= 15 is 0 Å². The Kier molecular flexibility index (Phi) is 6.33. The lowest BCUT2D eigenvalue weighted by Crippen LogP contribution is -2.14. The van der Waals surface area contributed by atoms with Crippen LogP contribution in [0.25, 0.3) is 10.6 Å². The van der Waals surface area contributed by atoms with Crippen LogP contribution in [-0.4, -0.2) is 29.1 Å². The second-order valence-corrected chi connectivity index (χ2v) is 6.95. The predicted octanol–water partition coefficient (Wildman–Crippen LogP) is 4.20. The van der Waals surface area contributed by atoms with Crippen molar-refractivity contribution in [1.29, 1.82) is 0 Å². The SMILES string of the molecule is CCCC(=O)Nc1cccc(C(=O)Nc2nnc(-c3ccc(OC)cc3)s2)c1. The second-order valence-electron chi connectivity index (χ2n) is 5.97. The molecular weight excluding hydrogens is 376 g/mol. The maximum absolute atomic E-state index is 12.5. The van der Waals surface area contributed by atoms with E-state index in [2.05, 4.69) is 20.8 Å². The number of hydrogen-bond donors (Lipinski definition) is 2. The van der Waals surface area contributed by atoms with Crippen molar-refractivity contribution < 1.29 is 14.3 Å². The predicted molar refractivity (Wildman–Crippen MR) is 110 cm³/mol. The minimum atomic E-state index is -0.316. The van der Waals surface area contributed by atoms with Crippen LogP contribution in [0.2, 0.25) is 0 Å². The number of benzene rings is 2. The minimum Gasteiger partial charge on any atom is -0.497 e. The van der Waals surface area contributed by atoms with Crippen LogP contribution in [0, 0.1) is 0 Å². The van der Waals surface area contributed by atoms with Gasteiger partial charge >= 0.3 is 0 Å². The Hall–Kier alpha value is -3.26. The molecular formula is C20H20N4O3S. The van der Waals surface area contributed by atoms with Crippen molar-refractivity contribution in [3.63, 3.8) is 0 Å². The number of amides is 2. The van der Waals surface area contributed by atoms with E-state index in [1.807, 2.05) is 31.2 Å². The molecule has 0 atom stereocenters. The molecule has 2 amide bonds. The lowest BCUT2D eigenvalue weighted by molar-refractivity contribution is -0.116. The minimum absolute atomic E-state index is 0.0756. The molecule has 0 fully saturated rings. The molecule has 0 spiro atoms. The van der Waals surface area contributed by atoms with E-state index in [0.717, 1.165) is 17.7 Å². The molecule has 0 aliphatic rings. The average Bonchev–Trinajstić information content (AvgIpc) is 3.17. The van der Waals surface area contributed by atoms with Gasteiger partial charge in [-0.3, -0.25) is 14.9 Å². The third kappa shape index (κ3) is 4.92. The molecule has 0 aliphatic carbocycles. The van der Waals surface area contributed by atoms with Crippen molar-refractivity contribution in [1.82, 2.24) is 10.2 Å². The fraction of sp³-hybridized carbons (Fsp3) is 0.200. The van der Waals surface area contributed by atoms with Gasteiger partial charge in [0, 0.05) is 23.2 Å². The first-order valence-electron chi connectivity index (χ1n) is 8.78. The monoisotopic (exact) mass is 396 g/mol. The molecule has 0 radical (unpaired) electrons. The number of rotatable bonds is 7. The summed E-state index contributed by atoms with van der Waals surface area (Å²) in [5.74, 6) is 0.366.